The molecule has 0 amide bonds. The topological polar surface area (TPSA) is 0 Å². The van der Waals surface area contributed by atoms with Crippen molar-refractivity contribution in [2.24, 2.45) is 0 Å². The Bertz CT molecular complexity index is 172. The van der Waals surface area contributed by atoms with Gasteiger partial charge in [-0.3, -0.25) is 0 Å². The van der Waals surface area contributed by atoms with Crippen molar-refractivity contribution < 1.29 is 0 Å². The average Bonchev–Trinajstić information content (AvgIpc) is 2.27. The van der Waals surface area contributed by atoms with Gasteiger partial charge >= 0.3 is 0 Å². The normalized spacial score (nSPS) is 18.7. The highest BCUT2D eigenvalue weighted by molar-refractivity contribution is 5.26. The van der Waals surface area contributed by atoms with Gasteiger partial charge in [0.15, 0.2) is 0 Å². The first-order valence-electron chi connectivity index (χ1n) is 4.76. The van der Waals surface area contributed by atoms with Crippen LogP contribution in [0.15, 0.2) is 23.3 Å². The zero-order chi connectivity index (χ0) is 8.10. The van der Waals surface area contributed by atoms with E-state index in [1.54, 1.807) is 11.1 Å². The fourth-order valence-electron chi connectivity index (χ4n) is 1.71. The van der Waals surface area contributed by atoms with Gasteiger partial charge in [-0.1, -0.05) is 31.6 Å². The maximum atomic E-state index is 2.33. The van der Waals surface area contributed by atoms with E-state index in [0.717, 1.165) is 0 Å². The molecular weight excluding hydrogens is 132 g/mol. The molecule has 0 aromatic rings. The van der Waals surface area contributed by atoms with Crippen molar-refractivity contribution in [2.45, 2.75) is 46.0 Å². The Morgan fingerprint density at radius 3 is 2.73 bits per heavy atom. The van der Waals surface area contributed by atoms with Crippen LogP contribution in [0.2, 0.25) is 0 Å². The van der Waals surface area contributed by atoms with Crippen molar-refractivity contribution in [3.05, 3.63) is 23.3 Å². The number of rotatable bonds is 2. The van der Waals surface area contributed by atoms with Crippen molar-refractivity contribution >= 4 is 0 Å². The van der Waals surface area contributed by atoms with Gasteiger partial charge in [0, 0.05) is 0 Å². The van der Waals surface area contributed by atoms with Gasteiger partial charge in [-0.15, -0.1) is 0 Å². The summed E-state index contributed by atoms with van der Waals surface area (Å²) in [6, 6.07) is 0. The SMILES string of the molecule is CCC1=C(CC)CCCC=C1. The molecule has 0 radical (unpaired) electrons. The Morgan fingerprint density at radius 1 is 1.27 bits per heavy atom. The Balaban J connectivity index is 2.76. The molecule has 0 atom stereocenters. The minimum atomic E-state index is 1.21. The molecule has 0 N–H and O–H groups in total. The lowest BCUT2D eigenvalue weighted by molar-refractivity contribution is 0.802. The zero-order valence-electron chi connectivity index (χ0n) is 7.69. The van der Waals surface area contributed by atoms with Crippen molar-refractivity contribution in [2.75, 3.05) is 0 Å². The summed E-state index contributed by atoms with van der Waals surface area (Å²) in [5, 5.41) is 0. The van der Waals surface area contributed by atoms with Gasteiger partial charge in [-0.05, 0) is 37.7 Å². The summed E-state index contributed by atoms with van der Waals surface area (Å²) in [7, 11) is 0. The van der Waals surface area contributed by atoms with Gasteiger partial charge in [0.1, 0.15) is 0 Å². The summed E-state index contributed by atoms with van der Waals surface area (Å²) in [5.74, 6) is 0. The molecule has 11 heavy (non-hydrogen) atoms. The summed E-state index contributed by atoms with van der Waals surface area (Å²) in [6.45, 7) is 4.52. The summed E-state index contributed by atoms with van der Waals surface area (Å²) >= 11 is 0. The summed E-state index contributed by atoms with van der Waals surface area (Å²) in [4.78, 5) is 0. The first-order valence-corrected chi connectivity index (χ1v) is 4.76. The number of hydrogen-bond donors (Lipinski definition) is 0. The third kappa shape index (κ3) is 2.21. The third-order valence-electron chi connectivity index (χ3n) is 2.43. The van der Waals surface area contributed by atoms with Crippen LogP contribution in [0.4, 0.5) is 0 Å². The molecule has 0 aromatic heterocycles. The van der Waals surface area contributed by atoms with E-state index in [4.69, 9.17) is 0 Å². The van der Waals surface area contributed by atoms with Crippen LogP contribution in [0, 0.1) is 0 Å². The molecular formula is C11H18. The number of hydrogen-bond acceptors (Lipinski definition) is 0. The molecule has 0 saturated carbocycles. The molecule has 0 saturated heterocycles. The fourth-order valence-corrected chi connectivity index (χ4v) is 1.71. The lowest BCUT2D eigenvalue weighted by Gasteiger charge is -2.05. The van der Waals surface area contributed by atoms with Crippen LogP contribution >= 0.6 is 0 Å². The molecule has 0 fully saturated rings. The highest BCUT2D eigenvalue weighted by Gasteiger charge is 2.02. The Hall–Kier alpha value is -0.520. The summed E-state index contributed by atoms with van der Waals surface area (Å²) < 4.78 is 0. The van der Waals surface area contributed by atoms with Crippen LogP contribution in [-0.4, -0.2) is 0 Å². The van der Waals surface area contributed by atoms with E-state index in [-0.39, 0.29) is 0 Å². The molecule has 0 spiro atoms. The lowest BCUT2D eigenvalue weighted by atomic mass is 10.0. The van der Waals surface area contributed by atoms with Gasteiger partial charge in [-0.25, -0.2) is 0 Å². The smallest absolute Gasteiger partial charge is 0.0308 e. The fraction of sp³-hybridized carbons (Fsp3) is 0.636. The van der Waals surface area contributed by atoms with Crippen molar-refractivity contribution in [3.8, 4) is 0 Å². The van der Waals surface area contributed by atoms with Gasteiger partial charge in [0.05, 0.1) is 0 Å². The summed E-state index contributed by atoms with van der Waals surface area (Å²) in [6.07, 6.45) is 11.0. The first-order chi connectivity index (χ1) is 5.38. The first kappa shape index (κ1) is 8.58. The molecule has 1 aliphatic carbocycles. The molecule has 0 heterocycles. The van der Waals surface area contributed by atoms with E-state index in [9.17, 15) is 0 Å². The van der Waals surface area contributed by atoms with Crippen molar-refractivity contribution in [3.63, 3.8) is 0 Å². The molecule has 1 rings (SSSR count). The van der Waals surface area contributed by atoms with Crippen LogP contribution in [0.5, 0.6) is 0 Å². The van der Waals surface area contributed by atoms with E-state index in [0.29, 0.717) is 0 Å². The van der Waals surface area contributed by atoms with E-state index < -0.39 is 0 Å². The predicted molar refractivity (Wildman–Crippen MR) is 50.6 cm³/mol. The van der Waals surface area contributed by atoms with E-state index in [1.807, 2.05) is 0 Å². The standard InChI is InChI=1S/C11H18/c1-3-10-8-6-5-7-9-11(10)4-2/h6,8H,3-5,7,9H2,1-2H3. The Morgan fingerprint density at radius 2 is 2.09 bits per heavy atom. The van der Waals surface area contributed by atoms with Crippen LogP contribution in [-0.2, 0) is 0 Å². The van der Waals surface area contributed by atoms with E-state index in [2.05, 4.69) is 26.0 Å². The van der Waals surface area contributed by atoms with Gasteiger partial charge in [0.2, 0.25) is 0 Å². The lowest BCUT2D eigenvalue weighted by Crippen LogP contribution is -1.85. The van der Waals surface area contributed by atoms with Gasteiger partial charge < -0.3 is 0 Å². The minimum Gasteiger partial charge on any atom is -0.0843 e. The minimum absolute atomic E-state index is 1.21. The molecule has 0 aromatic carbocycles. The van der Waals surface area contributed by atoms with Crippen LogP contribution in [0.25, 0.3) is 0 Å². The maximum absolute atomic E-state index is 2.33. The maximum Gasteiger partial charge on any atom is -0.0308 e. The van der Waals surface area contributed by atoms with E-state index in [1.165, 1.54) is 32.1 Å². The molecule has 0 heteroatoms. The van der Waals surface area contributed by atoms with Crippen molar-refractivity contribution in [1.29, 1.82) is 0 Å². The second-order valence-electron chi connectivity index (χ2n) is 3.13. The van der Waals surface area contributed by atoms with Crippen molar-refractivity contribution in [1.82, 2.24) is 0 Å². The highest BCUT2D eigenvalue weighted by atomic mass is 14.1. The van der Waals surface area contributed by atoms with Gasteiger partial charge in [0.25, 0.3) is 0 Å². The monoisotopic (exact) mass is 150 g/mol. The number of allylic oxidation sites excluding steroid dienone is 4. The van der Waals surface area contributed by atoms with Gasteiger partial charge in [-0.2, -0.15) is 0 Å². The van der Waals surface area contributed by atoms with Crippen LogP contribution < -0.4 is 0 Å². The molecule has 62 valence electrons. The predicted octanol–water partition coefficient (Wildman–Crippen LogP) is 3.84. The summed E-state index contributed by atoms with van der Waals surface area (Å²) in [5.41, 5.74) is 3.27. The largest absolute Gasteiger partial charge is 0.0843 e. The third-order valence-corrected chi connectivity index (χ3v) is 2.43. The Labute approximate surface area is 70.0 Å². The molecule has 0 aliphatic heterocycles. The zero-order valence-corrected chi connectivity index (χ0v) is 7.69. The quantitative estimate of drug-likeness (QED) is 0.561. The van der Waals surface area contributed by atoms with E-state index >= 15 is 0 Å². The second kappa shape index (κ2) is 4.38. The molecule has 0 nitrogen and oxygen atoms in total. The molecule has 1 aliphatic rings. The average molecular weight is 150 g/mol. The van der Waals surface area contributed by atoms with Crippen LogP contribution in [0.1, 0.15) is 46.0 Å². The molecule has 0 bridgehead atoms. The second-order valence-corrected chi connectivity index (χ2v) is 3.13. The van der Waals surface area contributed by atoms with Crippen LogP contribution in [0.3, 0.4) is 0 Å². The Kier molecular flexibility index (Phi) is 3.41. The molecule has 0 unspecified atom stereocenters. The highest BCUT2D eigenvalue weighted by Crippen LogP contribution is 2.22.